The predicted octanol–water partition coefficient (Wildman–Crippen LogP) is 6.64. The lowest BCUT2D eigenvalue weighted by Crippen LogP contribution is -2.46. The zero-order chi connectivity index (χ0) is 29.7. The third kappa shape index (κ3) is 7.40. The first kappa shape index (κ1) is 30.2. The summed E-state index contributed by atoms with van der Waals surface area (Å²) >= 11 is 14.4. The van der Waals surface area contributed by atoms with Crippen LogP contribution in [-0.4, -0.2) is 31.1 Å². The fourth-order valence-electron chi connectivity index (χ4n) is 4.49. The van der Waals surface area contributed by atoms with Gasteiger partial charge < -0.3 is 4.57 Å². The fraction of sp³-hybridized carbons (Fsp3) is 0.0968. The van der Waals surface area contributed by atoms with E-state index in [9.17, 15) is 13.2 Å². The van der Waals surface area contributed by atoms with E-state index in [-0.39, 0.29) is 11.3 Å². The van der Waals surface area contributed by atoms with E-state index in [1.807, 2.05) is 72.9 Å². The molecular formula is C31H25Cl2IN4O3S. The number of fused-ring (bicyclic) bond motifs is 1. The molecule has 1 amide bonds. The number of benzene rings is 4. The van der Waals surface area contributed by atoms with Gasteiger partial charge in [0.05, 0.1) is 21.2 Å². The van der Waals surface area contributed by atoms with Crippen molar-refractivity contribution in [3.05, 3.63) is 134 Å². The highest BCUT2D eigenvalue weighted by molar-refractivity contribution is 14.1. The monoisotopic (exact) mass is 730 g/mol. The molecule has 0 unspecified atom stereocenters. The van der Waals surface area contributed by atoms with E-state index in [2.05, 4.69) is 42.4 Å². The van der Waals surface area contributed by atoms with Crippen molar-refractivity contribution in [1.29, 1.82) is 0 Å². The van der Waals surface area contributed by atoms with E-state index in [0.29, 0.717) is 16.6 Å². The summed E-state index contributed by atoms with van der Waals surface area (Å²) in [5, 5.41) is 6.12. The molecular weight excluding hydrogens is 706 g/mol. The summed E-state index contributed by atoms with van der Waals surface area (Å²) in [4.78, 5) is 13.4. The minimum Gasteiger partial charge on any atom is -0.342 e. The van der Waals surface area contributed by atoms with Gasteiger partial charge in [-0.25, -0.2) is 13.8 Å². The van der Waals surface area contributed by atoms with Gasteiger partial charge in [0.2, 0.25) is 10.0 Å². The summed E-state index contributed by atoms with van der Waals surface area (Å²) < 4.78 is 31.8. The number of rotatable bonds is 10. The first-order valence-corrected chi connectivity index (χ1v) is 16.2. The molecule has 0 radical (unpaired) electrons. The maximum Gasteiger partial charge on any atom is 0.258 e. The van der Waals surface area contributed by atoms with E-state index in [1.54, 1.807) is 24.4 Å². The Bertz CT molecular complexity index is 1860. The maximum absolute atomic E-state index is 13.3. The fourth-order valence-corrected chi connectivity index (χ4v) is 6.37. The first-order chi connectivity index (χ1) is 20.2. The Morgan fingerprint density at radius 1 is 0.905 bits per heavy atom. The summed E-state index contributed by atoms with van der Waals surface area (Å²) in [6, 6.07) is 27.9. The molecule has 5 aromatic rings. The number of hydrogen-bond donors (Lipinski definition) is 2. The van der Waals surface area contributed by atoms with Gasteiger partial charge in [-0.3, -0.25) is 4.79 Å². The van der Waals surface area contributed by atoms with Gasteiger partial charge in [0, 0.05) is 32.8 Å². The van der Waals surface area contributed by atoms with Crippen LogP contribution in [0.15, 0.2) is 113 Å². The largest absolute Gasteiger partial charge is 0.342 e. The van der Waals surface area contributed by atoms with Crippen LogP contribution in [0, 0.1) is 3.57 Å². The van der Waals surface area contributed by atoms with Crippen molar-refractivity contribution in [2.24, 2.45) is 5.10 Å². The topological polar surface area (TPSA) is 92.6 Å². The number of para-hydroxylation sites is 1. The van der Waals surface area contributed by atoms with Gasteiger partial charge in [0.25, 0.3) is 5.91 Å². The van der Waals surface area contributed by atoms with Crippen molar-refractivity contribution in [2.75, 3.05) is 0 Å². The van der Waals surface area contributed by atoms with Gasteiger partial charge in [0.15, 0.2) is 0 Å². The Labute approximate surface area is 267 Å². The Balaban J connectivity index is 1.36. The van der Waals surface area contributed by atoms with E-state index in [1.165, 1.54) is 12.1 Å². The normalized spacial score (nSPS) is 12.5. The Morgan fingerprint density at radius 3 is 2.36 bits per heavy atom. The first-order valence-electron chi connectivity index (χ1n) is 12.9. The Kier molecular flexibility index (Phi) is 9.64. The van der Waals surface area contributed by atoms with Crippen molar-refractivity contribution in [3.8, 4) is 0 Å². The summed E-state index contributed by atoms with van der Waals surface area (Å²) in [6.07, 6.45) is 3.64. The average molecular weight is 731 g/mol. The SMILES string of the molecule is O=C(N/N=C\c1cn(Cc2ccc(Cl)c(Cl)c2)c2ccccc12)[C@H](Cc1ccccc1)NS(=O)(=O)c1ccc(I)cc1. The number of hydrazone groups is 1. The number of sulfonamides is 1. The molecule has 0 saturated heterocycles. The molecule has 1 aromatic heterocycles. The van der Waals surface area contributed by atoms with Crippen LogP contribution in [0.4, 0.5) is 0 Å². The molecule has 0 fully saturated rings. The number of halogens is 3. The van der Waals surface area contributed by atoms with Crippen molar-refractivity contribution >= 4 is 78.8 Å². The quantitative estimate of drug-likeness (QED) is 0.0959. The molecule has 11 heteroatoms. The molecule has 214 valence electrons. The third-order valence-corrected chi connectivity index (χ3v) is 9.50. The van der Waals surface area contributed by atoms with E-state index in [4.69, 9.17) is 23.2 Å². The van der Waals surface area contributed by atoms with Gasteiger partial charge in [0.1, 0.15) is 6.04 Å². The molecule has 4 aromatic carbocycles. The second-order valence-electron chi connectivity index (χ2n) is 9.53. The van der Waals surface area contributed by atoms with Crippen LogP contribution in [0.5, 0.6) is 0 Å². The number of nitrogens with one attached hydrogen (secondary N) is 2. The summed E-state index contributed by atoms with van der Waals surface area (Å²) in [6.45, 7) is 0.553. The lowest BCUT2D eigenvalue weighted by molar-refractivity contribution is -0.122. The van der Waals surface area contributed by atoms with Gasteiger partial charge >= 0.3 is 0 Å². The van der Waals surface area contributed by atoms with Crippen LogP contribution in [0.25, 0.3) is 10.9 Å². The zero-order valence-electron chi connectivity index (χ0n) is 22.0. The molecule has 1 heterocycles. The molecule has 2 N–H and O–H groups in total. The van der Waals surface area contributed by atoms with E-state index < -0.39 is 22.0 Å². The summed E-state index contributed by atoms with van der Waals surface area (Å²) in [5.41, 5.74) is 6.07. The van der Waals surface area contributed by atoms with Crippen molar-refractivity contribution in [2.45, 2.75) is 23.9 Å². The van der Waals surface area contributed by atoms with Crippen LogP contribution in [-0.2, 0) is 27.8 Å². The van der Waals surface area contributed by atoms with Crippen LogP contribution in [0.3, 0.4) is 0 Å². The molecule has 5 rings (SSSR count). The van der Waals surface area contributed by atoms with Gasteiger partial charge in [-0.15, -0.1) is 0 Å². The third-order valence-electron chi connectivity index (χ3n) is 6.56. The van der Waals surface area contributed by atoms with Crippen molar-refractivity contribution < 1.29 is 13.2 Å². The number of amides is 1. The smallest absolute Gasteiger partial charge is 0.258 e. The Hall–Kier alpha value is -3.22. The van der Waals surface area contributed by atoms with Crippen LogP contribution in [0.2, 0.25) is 10.0 Å². The molecule has 0 bridgehead atoms. The maximum atomic E-state index is 13.3. The van der Waals surface area contributed by atoms with Crippen LogP contribution >= 0.6 is 45.8 Å². The molecule has 0 aliphatic carbocycles. The van der Waals surface area contributed by atoms with Gasteiger partial charge in [-0.1, -0.05) is 77.8 Å². The van der Waals surface area contributed by atoms with E-state index in [0.717, 1.165) is 31.2 Å². The Morgan fingerprint density at radius 2 is 1.62 bits per heavy atom. The van der Waals surface area contributed by atoms with Crippen molar-refractivity contribution in [3.63, 3.8) is 0 Å². The molecule has 1 atom stereocenters. The summed E-state index contributed by atoms with van der Waals surface area (Å²) in [7, 11) is -3.97. The molecule has 0 aliphatic rings. The van der Waals surface area contributed by atoms with Gasteiger partial charge in [-0.2, -0.15) is 9.82 Å². The number of hydrogen-bond acceptors (Lipinski definition) is 4. The van der Waals surface area contributed by atoms with Crippen LogP contribution < -0.4 is 10.1 Å². The standard InChI is InChI=1S/C31H25Cl2IN4O3S/c32-27-15-10-22(16-28(27)33)19-38-20-23(26-8-4-5-9-30(26)38)18-35-36-31(39)29(17-21-6-2-1-3-7-21)37-42(40,41)25-13-11-24(34)12-14-25/h1-16,18,20,29,37H,17,19H2,(H,36,39)/b35-18-/t29-/m0/s1. The highest BCUT2D eigenvalue weighted by Gasteiger charge is 2.26. The lowest BCUT2D eigenvalue weighted by Gasteiger charge is -2.17. The molecule has 0 aliphatic heterocycles. The van der Waals surface area contributed by atoms with E-state index >= 15 is 0 Å². The minimum absolute atomic E-state index is 0.0760. The second kappa shape index (κ2) is 13.4. The minimum atomic E-state index is -3.97. The highest BCUT2D eigenvalue weighted by atomic mass is 127. The molecule has 42 heavy (non-hydrogen) atoms. The second-order valence-corrected chi connectivity index (χ2v) is 13.3. The summed E-state index contributed by atoms with van der Waals surface area (Å²) in [5.74, 6) is -0.580. The number of carbonyl (C=O) groups excluding carboxylic acids is 1. The highest BCUT2D eigenvalue weighted by Crippen LogP contribution is 2.25. The average Bonchev–Trinajstić information content (AvgIpc) is 3.32. The van der Waals surface area contributed by atoms with Gasteiger partial charge in [-0.05, 0) is 82.6 Å². The molecule has 0 saturated carbocycles. The number of carbonyl (C=O) groups is 1. The zero-order valence-corrected chi connectivity index (χ0v) is 26.5. The number of nitrogens with zero attached hydrogens (tertiary/aromatic N) is 2. The van der Waals surface area contributed by atoms with Crippen molar-refractivity contribution in [1.82, 2.24) is 14.7 Å². The van der Waals surface area contributed by atoms with Crippen LogP contribution in [0.1, 0.15) is 16.7 Å². The molecule has 7 nitrogen and oxygen atoms in total. The molecule has 0 spiro atoms. The lowest BCUT2D eigenvalue weighted by atomic mass is 10.1. The number of aromatic nitrogens is 1. The predicted molar refractivity (Wildman–Crippen MR) is 177 cm³/mol.